The fraction of sp³-hybridized carbons (Fsp3) is 0.364. The van der Waals surface area contributed by atoms with Crippen molar-refractivity contribution in [2.75, 3.05) is 37.9 Å². The normalized spacial score (nSPS) is 9.94. The van der Waals surface area contributed by atoms with Crippen LogP contribution in [0.15, 0.2) is 18.2 Å². The number of benzene rings is 1. The van der Waals surface area contributed by atoms with E-state index in [9.17, 15) is 4.79 Å². The number of rotatable bonds is 4. The molecule has 0 spiro atoms. The van der Waals surface area contributed by atoms with Crippen LogP contribution >= 0.6 is 0 Å². The summed E-state index contributed by atoms with van der Waals surface area (Å²) in [5, 5.41) is 8.58. The number of nitrogens with zero attached hydrogens (tertiary/aromatic N) is 1. The fourth-order valence-electron chi connectivity index (χ4n) is 1.32. The van der Waals surface area contributed by atoms with Crippen molar-refractivity contribution in [1.29, 1.82) is 0 Å². The molecule has 0 unspecified atom stereocenters. The molecule has 5 nitrogen and oxygen atoms in total. The summed E-state index contributed by atoms with van der Waals surface area (Å²) < 4.78 is 4.85. The van der Waals surface area contributed by atoms with Gasteiger partial charge in [0.05, 0.1) is 17.9 Å². The summed E-state index contributed by atoms with van der Waals surface area (Å²) in [6.07, 6.45) is 0. The number of carbonyl (C=O) groups is 1. The Hall–Kier alpha value is -1.75. The number of aliphatic hydroxyl groups is 1. The van der Waals surface area contributed by atoms with E-state index in [1.807, 2.05) is 14.1 Å². The number of hydrogen-bond donors (Lipinski definition) is 2. The minimum absolute atomic E-state index is 0.0134. The highest BCUT2D eigenvalue weighted by Gasteiger charge is 2.14. The molecule has 88 valence electrons. The molecule has 0 amide bonds. The van der Waals surface area contributed by atoms with E-state index in [1.54, 1.807) is 23.1 Å². The molecule has 5 heteroatoms. The van der Waals surface area contributed by atoms with Crippen LogP contribution in [-0.2, 0) is 4.74 Å². The second-order valence-electron chi connectivity index (χ2n) is 3.53. The van der Waals surface area contributed by atoms with Gasteiger partial charge in [-0.2, -0.15) is 0 Å². The van der Waals surface area contributed by atoms with E-state index in [2.05, 4.69) is 0 Å². The van der Waals surface area contributed by atoms with Crippen LogP contribution in [0, 0.1) is 0 Å². The van der Waals surface area contributed by atoms with Gasteiger partial charge in [0.25, 0.3) is 0 Å². The van der Waals surface area contributed by atoms with E-state index in [0.717, 1.165) is 5.69 Å². The van der Waals surface area contributed by atoms with Crippen LogP contribution in [0.25, 0.3) is 0 Å². The van der Waals surface area contributed by atoms with Crippen LogP contribution in [-0.4, -0.2) is 38.4 Å². The first-order valence-electron chi connectivity index (χ1n) is 4.91. The van der Waals surface area contributed by atoms with Crippen LogP contribution < -0.4 is 10.6 Å². The molecule has 16 heavy (non-hydrogen) atoms. The second-order valence-corrected chi connectivity index (χ2v) is 3.53. The Balaban J connectivity index is 3.00. The average Bonchev–Trinajstić information content (AvgIpc) is 2.25. The molecule has 0 aliphatic heterocycles. The zero-order valence-electron chi connectivity index (χ0n) is 9.43. The standard InChI is InChI=1S/C11H16N2O3/c1-13(2)10-4-3-8(12)7-9(10)11(15)16-6-5-14/h3-4,7,14H,5-6,12H2,1-2H3. The summed E-state index contributed by atoms with van der Waals surface area (Å²) in [6.45, 7) is -0.203. The predicted octanol–water partition coefficient (Wildman–Crippen LogP) is 0.484. The van der Waals surface area contributed by atoms with Crippen molar-refractivity contribution in [1.82, 2.24) is 0 Å². The van der Waals surface area contributed by atoms with Crippen LogP contribution in [0.2, 0.25) is 0 Å². The molecule has 0 aliphatic rings. The molecule has 0 bridgehead atoms. The van der Waals surface area contributed by atoms with Gasteiger partial charge in [0.2, 0.25) is 0 Å². The van der Waals surface area contributed by atoms with E-state index >= 15 is 0 Å². The lowest BCUT2D eigenvalue weighted by atomic mass is 10.1. The van der Waals surface area contributed by atoms with E-state index in [4.69, 9.17) is 15.6 Å². The van der Waals surface area contributed by atoms with Gasteiger partial charge in [0, 0.05) is 19.8 Å². The van der Waals surface area contributed by atoms with Crippen LogP contribution in [0.4, 0.5) is 11.4 Å². The first-order valence-corrected chi connectivity index (χ1v) is 4.91. The second kappa shape index (κ2) is 5.37. The Morgan fingerprint density at radius 2 is 2.19 bits per heavy atom. The Labute approximate surface area is 94.4 Å². The molecule has 1 aromatic rings. The molecular formula is C11H16N2O3. The van der Waals surface area contributed by atoms with Crippen LogP contribution in [0.3, 0.4) is 0 Å². The first-order chi connectivity index (χ1) is 7.56. The lowest BCUT2D eigenvalue weighted by Crippen LogP contribution is -2.16. The molecular weight excluding hydrogens is 208 g/mol. The molecule has 1 aromatic carbocycles. The fourth-order valence-corrected chi connectivity index (χ4v) is 1.32. The maximum Gasteiger partial charge on any atom is 0.340 e. The van der Waals surface area contributed by atoms with Gasteiger partial charge in [-0.15, -0.1) is 0 Å². The molecule has 3 N–H and O–H groups in total. The minimum atomic E-state index is -0.481. The van der Waals surface area contributed by atoms with Crippen molar-refractivity contribution in [3.63, 3.8) is 0 Å². The first kappa shape index (κ1) is 12.3. The van der Waals surface area contributed by atoms with Crippen molar-refractivity contribution >= 4 is 17.3 Å². The highest BCUT2D eigenvalue weighted by atomic mass is 16.5. The van der Waals surface area contributed by atoms with Gasteiger partial charge in [0.15, 0.2) is 0 Å². The molecule has 0 atom stereocenters. The van der Waals surface area contributed by atoms with E-state index in [0.29, 0.717) is 11.3 Å². The van der Waals surface area contributed by atoms with E-state index < -0.39 is 5.97 Å². The number of ether oxygens (including phenoxy) is 1. The number of esters is 1. The minimum Gasteiger partial charge on any atom is -0.460 e. The number of nitrogen functional groups attached to an aromatic ring is 1. The Morgan fingerprint density at radius 1 is 1.50 bits per heavy atom. The summed E-state index contributed by atoms with van der Waals surface area (Å²) in [5.41, 5.74) is 7.25. The number of carbonyl (C=O) groups excluding carboxylic acids is 1. The third-order valence-corrected chi connectivity index (χ3v) is 2.05. The molecule has 0 saturated carbocycles. The lowest BCUT2D eigenvalue weighted by Gasteiger charge is -2.16. The van der Waals surface area contributed by atoms with Gasteiger partial charge in [0.1, 0.15) is 6.61 Å². The molecule has 0 aromatic heterocycles. The monoisotopic (exact) mass is 224 g/mol. The molecule has 0 radical (unpaired) electrons. The van der Waals surface area contributed by atoms with E-state index in [1.165, 1.54) is 0 Å². The Bertz CT molecular complexity index is 377. The smallest absolute Gasteiger partial charge is 0.340 e. The topological polar surface area (TPSA) is 75.8 Å². The zero-order chi connectivity index (χ0) is 12.1. The van der Waals surface area contributed by atoms with Gasteiger partial charge in [-0.1, -0.05) is 0 Å². The summed E-state index contributed by atoms with van der Waals surface area (Å²) in [6, 6.07) is 5.04. The summed E-state index contributed by atoms with van der Waals surface area (Å²) >= 11 is 0. The van der Waals surface area contributed by atoms with Crippen LogP contribution in [0.5, 0.6) is 0 Å². The van der Waals surface area contributed by atoms with Gasteiger partial charge < -0.3 is 20.5 Å². The summed E-state index contributed by atoms with van der Waals surface area (Å²) in [4.78, 5) is 13.5. The van der Waals surface area contributed by atoms with Crippen molar-refractivity contribution in [2.45, 2.75) is 0 Å². The lowest BCUT2D eigenvalue weighted by molar-refractivity contribution is 0.0434. The number of anilines is 2. The number of hydrogen-bond acceptors (Lipinski definition) is 5. The molecule has 0 aliphatic carbocycles. The molecule has 0 heterocycles. The van der Waals surface area contributed by atoms with Crippen molar-refractivity contribution in [3.05, 3.63) is 23.8 Å². The van der Waals surface area contributed by atoms with Gasteiger partial charge in [-0.05, 0) is 18.2 Å². The maximum atomic E-state index is 11.7. The Kier molecular flexibility index (Phi) is 4.13. The van der Waals surface area contributed by atoms with Crippen molar-refractivity contribution in [3.8, 4) is 0 Å². The molecule has 1 rings (SSSR count). The maximum absolute atomic E-state index is 11.7. The van der Waals surface area contributed by atoms with Crippen LogP contribution in [0.1, 0.15) is 10.4 Å². The summed E-state index contributed by atoms with van der Waals surface area (Å²) in [7, 11) is 3.66. The van der Waals surface area contributed by atoms with Gasteiger partial charge in [-0.25, -0.2) is 4.79 Å². The third-order valence-electron chi connectivity index (χ3n) is 2.05. The largest absolute Gasteiger partial charge is 0.460 e. The zero-order valence-corrected chi connectivity index (χ0v) is 9.43. The average molecular weight is 224 g/mol. The van der Waals surface area contributed by atoms with E-state index in [-0.39, 0.29) is 13.2 Å². The van der Waals surface area contributed by atoms with Crippen molar-refractivity contribution < 1.29 is 14.6 Å². The predicted molar refractivity (Wildman–Crippen MR) is 62.5 cm³/mol. The highest BCUT2D eigenvalue weighted by Crippen LogP contribution is 2.22. The van der Waals surface area contributed by atoms with Crippen molar-refractivity contribution in [2.24, 2.45) is 0 Å². The SMILES string of the molecule is CN(C)c1ccc(N)cc1C(=O)OCCO. The highest BCUT2D eigenvalue weighted by molar-refractivity contribution is 5.96. The van der Waals surface area contributed by atoms with Gasteiger partial charge in [-0.3, -0.25) is 0 Å². The summed E-state index contributed by atoms with van der Waals surface area (Å²) in [5.74, 6) is -0.481. The molecule has 0 saturated heterocycles. The molecule has 0 fully saturated rings. The number of nitrogens with two attached hydrogens (primary N) is 1. The van der Waals surface area contributed by atoms with Gasteiger partial charge >= 0.3 is 5.97 Å². The quantitative estimate of drug-likeness (QED) is 0.575. The third kappa shape index (κ3) is 2.87. The number of aliphatic hydroxyl groups excluding tert-OH is 1. The Morgan fingerprint density at radius 3 is 2.75 bits per heavy atom.